The van der Waals surface area contributed by atoms with Gasteiger partial charge in [-0.2, -0.15) is 0 Å². The van der Waals surface area contributed by atoms with Crippen LogP contribution in [0.4, 0.5) is 0 Å². The number of pyridine rings is 2. The molecule has 0 aliphatic rings. The Morgan fingerprint density at radius 3 is 1.48 bits per heavy atom. The van der Waals surface area contributed by atoms with E-state index in [1.54, 1.807) is 0 Å². The highest BCUT2D eigenvalue weighted by molar-refractivity contribution is 6.22. The number of benzene rings is 6. The van der Waals surface area contributed by atoms with Crippen LogP contribution < -0.4 is 0 Å². The fourth-order valence-corrected chi connectivity index (χ4v) is 7.36. The summed E-state index contributed by atoms with van der Waals surface area (Å²) in [5, 5.41) is 7.23. The van der Waals surface area contributed by atoms with Crippen molar-refractivity contribution in [2.24, 2.45) is 0 Å². The highest BCUT2D eigenvalue weighted by atomic mass is 15.0. The van der Waals surface area contributed by atoms with Gasteiger partial charge in [-0.1, -0.05) is 91.0 Å². The van der Waals surface area contributed by atoms with Crippen molar-refractivity contribution >= 4 is 65.4 Å². The number of fused-ring (bicyclic) bond motifs is 10. The second kappa shape index (κ2) is 9.62. The Hall–Kier alpha value is -6.26. The molecule has 6 aromatic carbocycles. The molecule has 10 rings (SSSR count). The summed E-state index contributed by atoms with van der Waals surface area (Å²) in [6.07, 6.45) is 4.04. The first-order chi connectivity index (χ1) is 22.8. The Morgan fingerprint density at radius 2 is 0.848 bits per heavy atom. The normalized spacial score (nSPS) is 11.9. The number of nitrogens with zero attached hydrogens (tertiary/aromatic N) is 4. The maximum atomic E-state index is 4.86. The molecule has 0 radical (unpaired) electrons. The fourth-order valence-electron chi connectivity index (χ4n) is 7.36. The van der Waals surface area contributed by atoms with Crippen LogP contribution in [-0.2, 0) is 0 Å². The SMILES string of the molecule is c1ccc(-n2c3ccc(-c4ccc5c6c7ccccc7ncc6n(-c6ccccc6)c5c4)cc3c3c4ccccc4ncc32)cc1. The van der Waals surface area contributed by atoms with E-state index in [1.807, 2.05) is 12.4 Å². The number of rotatable bonds is 3. The lowest BCUT2D eigenvalue weighted by Gasteiger charge is -2.10. The zero-order valence-electron chi connectivity index (χ0n) is 24.8. The van der Waals surface area contributed by atoms with E-state index in [9.17, 15) is 0 Å². The van der Waals surface area contributed by atoms with Gasteiger partial charge in [0, 0.05) is 43.7 Å². The first kappa shape index (κ1) is 25.1. The molecule has 0 N–H and O–H groups in total. The number of aromatic nitrogens is 4. The topological polar surface area (TPSA) is 35.6 Å². The van der Waals surface area contributed by atoms with Gasteiger partial charge in [0.1, 0.15) is 0 Å². The van der Waals surface area contributed by atoms with E-state index < -0.39 is 0 Å². The Labute approximate surface area is 264 Å². The summed E-state index contributed by atoms with van der Waals surface area (Å²) in [5.41, 5.74) is 11.2. The van der Waals surface area contributed by atoms with Crippen LogP contribution in [-0.4, -0.2) is 19.1 Å². The largest absolute Gasteiger partial charge is 0.308 e. The van der Waals surface area contributed by atoms with Gasteiger partial charge in [-0.05, 0) is 65.7 Å². The average Bonchev–Trinajstić information content (AvgIpc) is 3.65. The van der Waals surface area contributed by atoms with Gasteiger partial charge in [0.05, 0.1) is 45.5 Å². The summed E-state index contributed by atoms with van der Waals surface area (Å²) >= 11 is 0. The van der Waals surface area contributed by atoms with Crippen molar-refractivity contribution in [3.63, 3.8) is 0 Å². The number of para-hydroxylation sites is 4. The van der Waals surface area contributed by atoms with Crippen molar-refractivity contribution in [3.8, 4) is 22.5 Å². The molecule has 4 heterocycles. The van der Waals surface area contributed by atoms with Crippen LogP contribution in [0.5, 0.6) is 0 Å². The molecule has 0 saturated heterocycles. The van der Waals surface area contributed by atoms with E-state index in [4.69, 9.17) is 9.97 Å². The van der Waals surface area contributed by atoms with Crippen LogP contribution in [0.3, 0.4) is 0 Å². The summed E-state index contributed by atoms with van der Waals surface area (Å²) < 4.78 is 4.69. The number of hydrogen-bond acceptors (Lipinski definition) is 2. The average molecular weight is 587 g/mol. The molecule has 10 aromatic rings. The van der Waals surface area contributed by atoms with Crippen LogP contribution in [0.2, 0.25) is 0 Å². The molecule has 0 spiro atoms. The predicted molar refractivity (Wildman–Crippen MR) is 191 cm³/mol. The third-order valence-electron chi connectivity index (χ3n) is 9.37. The summed E-state index contributed by atoms with van der Waals surface area (Å²) in [5.74, 6) is 0. The molecule has 0 fully saturated rings. The molecule has 46 heavy (non-hydrogen) atoms. The minimum absolute atomic E-state index is 1.00. The van der Waals surface area contributed by atoms with Crippen LogP contribution in [0.25, 0.3) is 87.9 Å². The van der Waals surface area contributed by atoms with Gasteiger partial charge in [0.2, 0.25) is 0 Å². The third kappa shape index (κ3) is 3.55. The summed E-state index contributed by atoms with van der Waals surface area (Å²) in [6, 6.07) is 51.8. The molecule has 0 bridgehead atoms. The van der Waals surface area contributed by atoms with E-state index in [0.29, 0.717) is 0 Å². The van der Waals surface area contributed by atoms with Gasteiger partial charge in [-0.15, -0.1) is 0 Å². The van der Waals surface area contributed by atoms with E-state index in [0.717, 1.165) is 38.8 Å². The molecule has 0 amide bonds. The lowest BCUT2D eigenvalue weighted by atomic mass is 10.00. The van der Waals surface area contributed by atoms with Crippen molar-refractivity contribution in [2.45, 2.75) is 0 Å². The zero-order chi connectivity index (χ0) is 30.2. The van der Waals surface area contributed by atoms with Crippen molar-refractivity contribution in [2.75, 3.05) is 0 Å². The van der Waals surface area contributed by atoms with Gasteiger partial charge in [0.15, 0.2) is 0 Å². The second-order valence-corrected chi connectivity index (χ2v) is 11.9. The molecule has 0 aliphatic carbocycles. The van der Waals surface area contributed by atoms with Gasteiger partial charge >= 0.3 is 0 Å². The molecule has 4 aromatic heterocycles. The highest BCUT2D eigenvalue weighted by Crippen LogP contribution is 2.41. The predicted octanol–water partition coefficient (Wildman–Crippen LogP) is 10.6. The molecule has 0 atom stereocenters. The summed E-state index contributed by atoms with van der Waals surface area (Å²) in [7, 11) is 0. The Kier molecular flexibility index (Phi) is 5.25. The molecule has 4 heteroatoms. The molecule has 214 valence electrons. The van der Waals surface area contributed by atoms with E-state index in [-0.39, 0.29) is 0 Å². The summed E-state index contributed by atoms with van der Waals surface area (Å²) in [4.78, 5) is 9.72. The molecule has 4 nitrogen and oxygen atoms in total. The standard InChI is InChI=1S/C42H26N4/c1-3-11-29(12-4-1)45-37-22-20-27(23-34(37)42-32-16-8-10-18-36(32)44-26-40(42)45)28-19-21-33-38(24-28)46(30-13-5-2-6-14-30)39-25-43-35-17-9-7-15-31(35)41(33)39/h1-26H. The molecular formula is C42H26N4. The first-order valence-corrected chi connectivity index (χ1v) is 15.6. The lowest BCUT2D eigenvalue weighted by Crippen LogP contribution is -1.94. The zero-order valence-corrected chi connectivity index (χ0v) is 24.8. The third-order valence-corrected chi connectivity index (χ3v) is 9.37. The Morgan fingerprint density at radius 1 is 0.348 bits per heavy atom. The molecule has 0 saturated carbocycles. The first-order valence-electron chi connectivity index (χ1n) is 15.6. The fraction of sp³-hybridized carbons (Fsp3) is 0. The van der Waals surface area contributed by atoms with Crippen molar-refractivity contribution in [1.82, 2.24) is 19.1 Å². The molecule has 0 unspecified atom stereocenters. The highest BCUT2D eigenvalue weighted by Gasteiger charge is 2.19. The quantitative estimate of drug-likeness (QED) is 0.206. The Balaban J connectivity index is 1.28. The van der Waals surface area contributed by atoms with Crippen LogP contribution in [0.15, 0.2) is 158 Å². The van der Waals surface area contributed by atoms with Crippen LogP contribution >= 0.6 is 0 Å². The maximum absolute atomic E-state index is 4.86. The van der Waals surface area contributed by atoms with Gasteiger partial charge in [-0.25, -0.2) is 0 Å². The van der Waals surface area contributed by atoms with Crippen molar-refractivity contribution < 1.29 is 0 Å². The minimum atomic E-state index is 1.00. The number of hydrogen-bond donors (Lipinski definition) is 0. The van der Waals surface area contributed by atoms with Crippen molar-refractivity contribution in [3.05, 3.63) is 158 Å². The molecular weight excluding hydrogens is 560 g/mol. The van der Waals surface area contributed by atoms with Crippen LogP contribution in [0.1, 0.15) is 0 Å². The smallest absolute Gasteiger partial charge is 0.0730 e. The lowest BCUT2D eigenvalue weighted by molar-refractivity contribution is 1.17. The van der Waals surface area contributed by atoms with Crippen LogP contribution in [0, 0.1) is 0 Å². The Bertz CT molecular complexity index is 2790. The molecule has 0 aliphatic heterocycles. The van der Waals surface area contributed by atoms with E-state index in [2.05, 4.69) is 155 Å². The maximum Gasteiger partial charge on any atom is 0.0730 e. The van der Waals surface area contributed by atoms with Gasteiger partial charge in [-0.3, -0.25) is 9.97 Å². The summed E-state index contributed by atoms with van der Waals surface area (Å²) in [6.45, 7) is 0. The van der Waals surface area contributed by atoms with E-state index in [1.165, 1.54) is 49.1 Å². The minimum Gasteiger partial charge on any atom is -0.308 e. The van der Waals surface area contributed by atoms with E-state index >= 15 is 0 Å². The van der Waals surface area contributed by atoms with Crippen molar-refractivity contribution in [1.29, 1.82) is 0 Å². The van der Waals surface area contributed by atoms with Gasteiger partial charge < -0.3 is 9.13 Å². The second-order valence-electron chi connectivity index (χ2n) is 11.9. The monoisotopic (exact) mass is 586 g/mol. The van der Waals surface area contributed by atoms with Gasteiger partial charge in [0.25, 0.3) is 0 Å².